The smallest absolute Gasteiger partial charge is 0.237 e. The molecular weight excluding hydrogens is 214 g/mol. The molecule has 0 saturated carbocycles. The quantitative estimate of drug-likeness (QED) is 0.811. The Morgan fingerprint density at radius 2 is 2.12 bits per heavy atom. The molecule has 0 spiro atoms. The lowest BCUT2D eigenvalue weighted by Crippen LogP contribution is -2.44. The van der Waals surface area contributed by atoms with Crippen molar-refractivity contribution in [3.05, 3.63) is 29.6 Å². The summed E-state index contributed by atoms with van der Waals surface area (Å²) in [5.41, 5.74) is 2.12. The molecule has 1 amide bonds. The number of rotatable bonds is 5. The molecular formula is C13H21N3O. The van der Waals surface area contributed by atoms with Gasteiger partial charge in [-0.15, -0.1) is 0 Å². The van der Waals surface area contributed by atoms with Gasteiger partial charge in [0, 0.05) is 18.8 Å². The first-order chi connectivity index (χ1) is 8.00. The van der Waals surface area contributed by atoms with E-state index in [2.05, 4.69) is 15.6 Å². The van der Waals surface area contributed by atoms with E-state index in [1.807, 2.05) is 39.8 Å². The number of carbonyl (C=O) groups excluding carboxylic acids is 1. The fourth-order valence-electron chi connectivity index (χ4n) is 1.46. The predicted octanol–water partition coefficient (Wildman–Crippen LogP) is 1.39. The maximum Gasteiger partial charge on any atom is 0.237 e. The highest BCUT2D eigenvalue weighted by molar-refractivity contribution is 5.81. The van der Waals surface area contributed by atoms with Crippen molar-refractivity contribution in [3.8, 4) is 0 Å². The number of nitrogens with one attached hydrogen (secondary N) is 2. The summed E-state index contributed by atoms with van der Waals surface area (Å²) in [6, 6.07) is 3.89. The zero-order valence-electron chi connectivity index (χ0n) is 10.9. The Kier molecular flexibility index (Phi) is 5.10. The van der Waals surface area contributed by atoms with Gasteiger partial charge in [-0.25, -0.2) is 0 Å². The van der Waals surface area contributed by atoms with Crippen LogP contribution in [0, 0.1) is 6.92 Å². The Hall–Kier alpha value is -1.42. The monoisotopic (exact) mass is 235 g/mol. The first-order valence-electron chi connectivity index (χ1n) is 5.95. The van der Waals surface area contributed by atoms with E-state index < -0.39 is 0 Å². The summed E-state index contributed by atoms with van der Waals surface area (Å²) < 4.78 is 0. The maximum absolute atomic E-state index is 11.7. The number of carbonyl (C=O) groups is 1. The second-order valence-electron chi connectivity index (χ2n) is 4.53. The second-order valence-corrected chi connectivity index (χ2v) is 4.53. The van der Waals surface area contributed by atoms with Crippen LogP contribution in [-0.4, -0.2) is 23.0 Å². The SMILES string of the molecule is Cc1cccnc1CNC(C)C(=O)NC(C)C. The molecule has 0 aliphatic heterocycles. The van der Waals surface area contributed by atoms with Crippen LogP contribution in [0.5, 0.6) is 0 Å². The van der Waals surface area contributed by atoms with Gasteiger partial charge in [0.2, 0.25) is 5.91 Å². The molecule has 1 atom stereocenters. The van der Waals surface area contributed by atoms with Gasteiger partial charge in [-0.2, -0.15) is 0 Å². The molecule has 0 aliphatic rings. The molecule has 0 aliphatic carbocycles. The summed E-state index contributed by atoms with van der Waals surface area (Å²) >= 11 is 0. The second kappa shape index (κ2) is 6.35. The fourth-order valence-corrected chi connectivity index (χ4v) is 1.46. The van der Waals surface area contributed by atoms with Gasteiger partial charge in [0.25, 0.3) is 0 Å². The lowest BCUT2D eigenvalue weighted by atomic mass is 10.2. The van der Waals surface area contributed by atoms with Crippen LogP contribution in [0.25, 0.3) is 0 Å². The number of nitrogens with zero attached hydrogens (tertiary/aromatic N) is 1. The summed E-state index contributed by atoms with van der Waals surface area (Å²) in [6.07, 6.45) is 1.77. The molecule has 1 heterocycles. The van der Waals surface area contributed by atoms with E-state index in [4.69, 9.17) is 0 Å². The van der Waals surface area contributed by atoms with Crippen molar-refractivity contribution < 1.29 is 4.79 Å². The highest BCUT2D eigenvalue weighted by Crippen LogP contribution is 2.02. The van der Waals surface area contributed by atoms with Gasteiger partial charge in [0.1, 0.15) is 0 Å². The van der Waals surface area contributed by atoms with Gasteiger partial charge in [0.15, 0.2) is 0 Å². The minimum Gasteiger partial charge on any atom is -0.353 e. The van der Waals surface area contributed by atoms with Gasteiger partial charge < -0.3 is 10.6 Å². The predicted molar refractivity (Wildman–Crippen MR) is 68.6 cm³/mol. The lowest BCUT2D eigenvalue weighted by molar-refractivity contribution is -0.123. The minimum absolute atomic E-state index is 0.0218. The van der Waals surface area contributed by atoms with Gasteiger partial charge >= 0.3 is 0 Å². The molecule has 0 bridgehead atoms. The lowest BCUT2D eigenvalue weighted by Gasteiger charge is -2.16. The van der Waals surface area contributed by atoms with E-state index in [1.165, 1.54) is 0 Å². The number of hydrogen-bond donors (Lipinski definition) is 2. The van der Waals surface area contributed by atoms with Gasteiger partial charge in [-0.05, 0) is 39.3 Å². The molecule has 17 heavy (non-hydrogen) atoms. The summed E-state index contributed by atoms with van der Waals surface area (Å²) in [7, 11) is 0. The van der Waals surface area contributed by atoms with Crippen molar-refractivity contribution >= 4 is 5.91 Å². The molecule has 1 aromatic rings. The maximum atomic E-state index is 11.7. The molecule has 94 valence electrons. The van der Waals surface area contributed by atoms with Gasteiger partial charge in [0.05, 0.1) is 11.7 Å². The van der Waals surface area contributed by atoms with Gasteiger partial charge in [-0.1, -0.05) is 6.07 Å². The van der Waals surface area contributed by atoms with Crippen LogP contribution < -0.4 is 10.6 Å². The number of pyridine rings is 1. The Bertz CT molecular complexity index is 377. The zero-order chi connectivity index (χ0) is 12.8. The Labute approximate surface area is 103 Å². The third-order valence-corrected chi connectivity index (χ3v) is 2.52. The zero-order valence-corrected chi connectivity index (χ0v) is 10.9. The third-order valence-electron chi connectivity index (χ3n) is 2.52. The van der Waals surface area contributed by atoms with Crippen LogP contribution >= 0.6 is 0 Å². The van der Waals surface area contributed by atoms with Crippen LogP contribution in [0.1, 0.15) is 32.0 Å². The molecule has 0 saturated heterocycles. The molecule has 1 rings (SSSR count). The third kappa shape index (κ3) is 4.53. The molecule has 4 heteroatoms. The molecule has 0 aromatic carbocycles. The number of hydrogen-bond acceptors (Lipinski definition) is 3. The first-order valence-corrected chi connectivity index (χ1v) is 5.95. The highest BCUT2D eigenvalue weighted by atomic mass is 16.2. The molecule has 1 aromatic heterocycles. The number of aromatic nitrogens is 1. The molecule has 0 radical (unpaired) electrons. The molecule has 4 nitrogen and oxygen atoms in total. The highest BCUT2D eigenvalue weighted by Gasteiger charge is 2.13. The van der Waals surface area contributed by atoms with Crippen LogP contribution in [-0.2, 0) is 11.3 Å². The summed E-state index contributed by atoms with van der Waals surface area (Å²) in [6.45, 7) is 8.39. The van der Waals surface area contributed by atoms with E-state index >= 15 is 0 Å². The average molecular weight is 235 g/mol. The normalized spacial score (nSPS) is 12.5. The molecule has 1 unspecified atom stereocenters. The van der Waals surface area contributed by atoms with Crippen molar-refractivity contribution in [2.24, 2.45) is 0 Å². The summed E-state index contributed by atoms with van der Waals surface area (Å²) in [4.78, 5) is 15.9. The number of aryl methyl sites for hydroxylation is 1. The van der Waals surface area contributed by atoms with E-state index in [-0.39, 0.29) is 18.0 Å². The molecule has 0 fully saturated rings. The first kappa shape index (κ1) is 13.6. The Balaban J connectivity index is 2.46. The van der Waals surface area contributed by atoms with E-state index in [0.29, 0.717) is 6.54 Å². The summed E-state index contributed by atoms with van der Waals surface area (Å²) in [5.74, 6) is 0.0218. The van der Waals surface area contributed by atoms with E-state index in [1.54, 1.807) is 6.20 Å². The number of amides is 1. The fraction of sp³-hybridized carbons (Fsp3) is 0.538. The van der Waals surface area contributed by atoms with Crippen molar-refractivity contribution in [2.75, 3.05) is 0 Å². The van der Waals surface area contributed by atoms with Crippen LogP contribution in [0.4, 0.5) is 0 Å². The van der Waals surface area contributed by atoms with Crippen molar-refractivity contribution in [3.63, 3.8) is 0 Å². The Morgan fingerprint density at radius 1 is 1.41 bits per heavy atom. The van der Waals surface area contributed by atoms with Crippen molar-refractivity contribution in [1.29, 1.82) is 0 Å². The van der Waals surface area contributed by atoms with Crippen molar-refractivity contribution in [2.45, 2.75) is 46.3 Å². The Morgan fingerprint density at radius 3 is 2.71 bits per heavy atom. The van der Waals surface area contributed by atoms with Crippen LogP contribution in [0.2, 0.25) is 0 Å². The minimum atomic E-state index is -0.209. The van der Waals surface area contributed by atoms with Crippen LogP contribution in [0.3, 0.4) is 0 Å². The van der Waals surface area contributed by atoms with E-state index in [0.717, 1.165) is 11.3 Å². The summed E-state index contributed by atoms with van der Waals surface area (Å²) in [5, 5.41) is 6.04. The molecule has 2 N–H and O–H groups in total. The van der Waals surface area contributed by atoms with Crippen LogP contribution in [0.15, 0.2) is 18.3 Å². The largest absolute Gasteiger partial charge is 0.353 e. The topological polar surface area (TPSA) is 54.0 Å². The van der Waals surface area contributed by atoms with Crippen molar-refractivity contribution in [1.82, 2.24) is 15.6 Å². The standard InChI is InChI=1S/C13H21N3O/c1-9(2)16-13(17)11(4)15-8-12-10(3)6-5-7-14-12/h5-7,9,11,15H,8H2,1-4H3,(H,16,17). The average Bonchev–Trinajstić information content (AvgIpc) is 2.26. The van der Waals surface area contributed by atoms with E-state index in [9.17, 15) is 4.79 Å². The van der Waals surface area contributed by atoms with Gasteiger partial charge in [-0.3, -0.25) is 9.78 Å².